The molecule has 5 nitrogen and oxygen atoms in total. The summed E-state index contributed by atoms with van der Waals surface area (Å²) < 4.78 is 11.0. The first-order valence-electron chi connectivity index (χ1n) is 6.56. The summed E-state index contributed by atoms with van der Waals surface area (Å²) in [6, 6.07) is 0. The van der Waals surface area contributed by atoms with Crippen LogP contribution < -0.4 is 5.32 Å². The lowest BCUT2D eigenvalue weighted by molar-refractivity contribution is 0.00859. The van der Waals surface area contributed by atoms with Crippen molar-refractivity contribution in [3.63, 3.8) is 0 Å². The summed E-state index contributed by atoms with van der Waals surface area (Å²) in [6.45, 7) is 2.55. The summed E-state index contributed by atoms with van der Waals surface area (Å²) in [5, 5.41) is 7.34. The van der Waals surface area contributed by atoms with Gasteiger partial charge in [-0.15, -0.1) is 0 Å². The van der Waals surface area contributed by atoms with Crippen LogP contribution in [0.1, 0.15) is 49.7 Å². The first kappa shape index (κ1) is 11.2. The van der Waals surface area contributed by atoms with Gasteiger partial charge in [0.25, 0.3) is 5.89 Å². The Morgan fingerprint density at radius 3 is 2.76 bits per heavy atom. The molecule has 1 aliphatic carbocycles. The fraction of sp³-hybridized carbons (Fsp3) is 0.833. The highest BCUT2D eigenvalue weighted by Crippen LogP contribution is 2.34. The molecule has 0 bridgehead atoms. The van der Waals surface area contributed by atoms with Crippen molar-refractivity contribution in [3.8, 4) is 0 Å². The molecule has 1 saturated carbocycles. The van der Waals surface area contributed by atoms with Crippen molar-refractivity contribution >= 4 is 0 Å². The van der Waals surface area contributed by atoms with Gasteiger partial charge in [0.05, 0.1) is 6.10 Å². The third-order valence-electron chi connectivity index (χ3n) is 3.68. The van der Waals surface area contributed by atoms with E-state index in [2.05, 4.69) is 15.5 Å². The molecule has 1 saturated heterocycles. The molecule has 1 N–H and O–H groups in total. The van der Waals surface area contributed by atoms with E-state index in [4.69, 9.17) is 9.26 Å². The van der Waals surface area contributed by atoms with E-state index in [0.29, 0.717) is 24.5 Å². The van der Waals surface area contributed by atoms with Crippen molar-refractivity contribution < 1.29 is 9.26 Å². The summed E-state index contributed by atoms with van der Waals surface area (Å²) in [7, 11) is 0. The first-order chi connectivity index (χ1) is 8.42. The number of rotatable bonds is 4. The molecule has 5 heteroatoms. The van der Waals surface area contributed by atoms with Gasteiger partial charge in [0.1, 0.15) is 6.61 Å². The maximum Gasteiger partial charge on any atom is 0.252 e. The predicted molar refractivity (Wildman–Crippen MR) is 61.6 cm³/mol. The normalized spacial score (nSPS) is 22.6. The lowest BCUT2D eigenvalue weighted by Gasteiger charge is -2.22. The molecule has 3 rings (SSSR count). The summed E-state index contributed by atoms with van der Waals surface area (Å²) in [6.07, 6.45) is 6.19. The molecule has 1 aromatic rings. The van der Waals surface area contributed by atoms with E-state index in [1.807, 2.05) is 0 Å². The Hall–Kier alpha value is -0.940. The van der Waals surface area contributed by atoms with Gasteiger partial charge in [-0.2, -0.15) is 4.98 Å². The summed E-state index contributed by atoms with van der Waals surface area (Å²) in [5.41, 5.74) is 0. The van der Waals surface area contributed by atoms with E-state index in [0.717, 1.165) is 31.8 Å². The van der Waals surface area contributed by atoms with Crippen molar-refractivity contribution in [1.82, 2.24) is 15.5 Å². The van der Waals surface area contributed by atoms with Gasteiger partial charge in [0.2, 0.25) is 0 Å². The van der Waals surface area contributed by atoms with Crippen LogP contribution in [-0.4, -0.2) is 29.3 Å². The smallest absolute Gasteiger partial charge is 0.252 e. The average molecular weight is 237 g/mol. The van der Waals surface area contributed by atoms with Crippen molar-refractivity contribution in [3.05, 3.63) is 11.7 Å². The Morgan fingerprint density at radius 1 is 1.24 bits per heavy atom. The molecule has 17 heavy (non-hydrogen) atoms. The molecule has 0 atom stereocenters. The minimum atomic E-state index is 0.343. The second-order valence-corrected chi connectivity index (χ2v) is 4.93. The Kier molecular flexibility index (Phi) is 3.38. The fourth-order valence-electron chi connectivity index (χ4n) is 2.31. The monoisotopic (exact) mass is 237 g/mol. The highest BCUT2D eigenvalue weighted by atomic mass is 16.5. The zero-order valence-electron chi connectivity index (χ0n) is 10.0. The first-order valence-corrected chi connectivity index (χ1v) is 6.56. The molecule has 0 spiro atoms. The van der Waals surface area contributed by atoms with E-state index < -0.39 is 0 Å². The van der Waals surface area contributed by atoms with E-state index in [1.165, 1.54) is 19.3 Å². The maximum atomic E-state index is 5.78. The minimum absolute atomic E-state index is 0.343. The number of aromatic nitrogens is 2. The molecule has 1 aliphatic heterocycles. The SMILES string of the molecule is C1CC(c2noc(COC3CCNCC3)n2)C1. The number of hydrogen-bond donors (Lipinski definition) is 1. The van der Waals surface area contributed by atoms with E-state index >= 15 is 0 Å². The van der Waals surface area contributed by atoms with Crippen molar-refractivity contribution in [2.45, 2.75) is 50.7 Å². The minimum Gasteiger partial charge on any atom is -0.368 e. The fourth-order valence-corrected chi connectivity index (χ4v) is 2.31. The molecule has 1 aromatic heterocycles. The van der Waals surface area contributed by atoms with Gasteiger partial charge in [-0.05, 0) is 38.8 Å². The van der Waals surface area contributed by atoms with Gasteiger partial charge in [0, 0.05) is 5.92 Å². The third kappa shape index (κ3) is 2.66. The molecular formula is C12H19N3O2. The van der Waals surface area contributed by atoms with Crippen LogP contribution in [0.5, 0.6) is 0 Å². The van der Waals surface area contributed by atoms with Crippen molar-refractivity contribution in [2.24, 2.45) is 0 Å². The van der Waals surface area contributed by atoms with E-state index in [9.17, 15) is 0 Å². The summed E-state index contributed by atoms with van der Waals surface area (Å²) >= 11 is 0. The largest absolute Gasteiger partial charge is 0.368 e. The van der Waals surface area contributed by atoms with E-state index in [1.54, 1.807) is 0 Å². The van der Waals surface area contributed by atoms with Gasteiger partial charge < -0.3 is 14.6 Å². The highest BCUT2D eigenvalue weighted by Gasteiger charge is 2.24. The lowest BCUT2D eigenvalue weighted by atomic mass is 9.85. The van der Waals surface area contributed by atoms with Crippen LogP contribution in [0.4, 0.5) is 0 Å². The molecular weight excluding hydrogens is 218 g/mol. The molecule has 0 aromatic carbocycles. The maximum absolute atomic E-state index is 5.78. The van der Waals surface area contributed by atoms with Crippen LogP contribution in [0.3, 0.4) is 0 Å². The Morgan fingerprint density at radius 2 is 2.06 bits per heavy atom. The molecule has 0 radical (unpaired) electrons. The average Bonchev–Trinajstić information content (AvgIpc) is 2.74. The van der Waals surface area contributed by atoms with Crippen LogP contribution in [0.25, 0.3) is 0 Å². The van der Waals surface area contributed by atoms with Crippen LogP contribution >= 0.6 is 0 Å². The van der Waals surface area contributed by atoms with Crippen LogP contribution in [0.2, 0.25) is 0 Å². The van der Waals surface area contributed by atoms with Crippen molar-refractivity contribution in [1.29, 1.82) is 0 Å². The number of nitrogens with zero attached hydrogens (tertiary/aromatic N) is 2. The van der Waals surface area contributed by atoms with Gasteiger partial charge in [-0.3, -0.25) is 0 Å². The number of nitrogens with one attached hydrogen (secondary N) is 1. The van der Waals surface area contributed by atoms with Gasteiger partial charge >= 0.3 is 0 Å². The Labute approximate surface area is 101 Å². The predicted octanol–water partition coefficient (Wildman–Crippen LogP) is 1.61. The second kappa shape index (κ2) is 5.14. The Balaban J connectivity index is 1.48. The highest BCUT2D eigenvalue weighted by molar-refractivity contribution is 4.99. The van der Waals surface area contributed by atoms with Crippen molar-refractivity contribution in [2.75, 3.05) is 13.1 Å². The number of hydrogen-bond acceptors (Lipinski definition) is 5. The standard InChI is InChI=1S/C12H19N3O2/c1-2-9(3-1)12-14-11(17-15-12)8-16-10-4-6-13-7-5-10/h9-10,13H,1-8H2. The lowest BCUT2D eigenvalue weighted by Crippen LogP contribution is -2.32. The number of ether oxygens (including phenoxy) is 1. The quantitative estimate of drug-likeness (QED) is 0.862. The summed E-state index contributed by atoms with van der Waals surface area (Å²) in [5.74, 6) is 2.04. The molecule has 2 heterocycles. The molecule has 2 fully saturated rings. The number of piperidine rings is 1. The van der Waals surface area contributed by atoms with E-state index in [-0.39, 0.29) is 0 Å². The zero-order valence-corrected chi connectivity index (χ0v) is 10.0. The molecule has 0 amide bonds. The van der Waals surface area contributed by atoms with Crippen LogP contribution in [0.15, 0.2) is 4.52 Å². The molecule has 2 aliphatic rings. The second-order valence-electron chi connectivity index (χ2n) is 4.93. The molecule has 94 valence electrons. The van der Waals surface area contributed by atoms with Gasteiger partial charge in [0.15, 0.2) is 5.82 Å². The van der Waals surface area contributed by atoms with Gasteiger partial charge in [-0.1, -0.05) is 11.6 Å². The zero-order chi connectivity index (χ0) is 11.5. The molecule has 0 unspecified atom stereocenters. The Bertz CT molecular complexity index is 356. The van der Waals surface area contributed by atoms with Crippen LogP contribution in [0, 0.1) is 0 Å². The van der Waals surface area contributed by atoms with Gasteiger partial charge in [-0.25, -0.2) is 0 Å². The van der Waals surface area contributed by atoms with Crippen LogP contribution in [-0.2, 0) is 11.3 Å². The topological polar surface area (TPSA) is 60.2 Å². The summed E-state index contributed by atoms with van der Waals surface area (Å²) in [4.78, 5) is 4.40. The third-order valence-corrected chi connectivity index (χ3v) is 3.68.